The van der Waals surface area contributed by atoms with Crippen molar-refractivity contribution < 1.29 is 22.4 Å². The molecular formula is C30H32Cl2FN3O4S. The molecule has 4 rings (SSSR count). The number of halogens is 3. The monoisotopic (exact) mass is 619 g/mol. The summed E-state index contributed by atoms with van der Waals surface area (Å²) in [6, 6.07) is 18.4. The van der Waals surface area contributed by atoms with E-state index >= 15 is 0 Å². The summed E-state index contributed by atoms with van der Waals surface area (Å²) < 4.78 is 40.4. The predicted octanol–water partition coefficient (Wildman–Crippen LogP) is 5.60. The summed E-state index contributed by atoms with van der Waals surface area (Å²) >= 11 is 12.5. The van der Waals surface area contributed by atoms with Gasteiger partial charge in [-0.3, -0.25) is 13.9 Å². The van der Waals surface area contributed by atoms with E-state index in [1.54, 1.807) is 0 Å². The molecule has 218 valence electrons. The molecule has 1 fully saturated rings. The predicted molar refractivity (Wildman–Crippen MR) is 160 cm³/mol. The van der Waals surface area contributed by atoms with Gasteiger partial charge in [-0.1, -0.05) is 84.6 Å². The van der Waals surface area contributed by atoms with Gasteiger partial charge in [0.1, 0.15) is 18.4 Å². The number of hydrogen-bond donors (Lipinski definition) is 1. The van der Waals surface area contributed by atoms with Crippen LogP contribution < -0.4 is 9.62 Å². The number of carbonyl (C=O) groups is 2. The van der Waals surface area contributed by atoms with Crippen LogP contribution in [0.25, 0.3) is 0 Å². The first-order valence-corrected chi connectivity index (χ1v) is 15.9. The summed E-state index contributed by atoms with van der Waals surface area (Å²) in [6.45, 7) is -0.669. The quantitative estimate of drug-likeness (QED) is 0.303. The Morgan fingerprint density at radius 2 is 1.61 bits per heavy atom. The van der Waals surface area contributed by atoms with E-state index in [1.807, 2.05) is 30.3 Å². The highest BCUT2D eigenvalue weighted by molar-refractivity contribution is 7.92. The van der Waals surface area contributed by atoms with Crippen molar-refractivity contribution >= 4 is 50.7 Å². The molecule has 1 unspecified atom stereocenters. The van der Waals surface area contributed by atoms with Crippen LogP contribution in [-0.4, -0.2) is 50.0 Å². The Balaban J connectivity index is 1.74. The average Bonchev–Trinajstić information content (AvgIpc) is 3.45. The molecule has 1 aliphatic carbocycles. The average molecular weight is 621 g/mol. The van der Waals surface area contributed by atoms with E-state index in [-0.39, 0.29) is 40.6 Å². The Bertz CT molecular complexity index is 1470. The summed E-state index contributed by atoms with van der Waals surface area (Å²) in [7, 11) is -4.00. The van der Waals surface area contributed by atoms with Gasteiger partial charge in [0.2, 0.25) is 21.8 Å². The fourth-order valence-corrected chi connectivity index (χ4v) is 6.29. The van der Waals surface area contributed by atoms with Gasteiger partial charge in [0.05, 0.1) is 22.0 Å². The lowest BCUT2D eigenvalue weighted by Crippen LogP contribution is -2.54. The number of rotatable bonds is 11. The molecule has 0 bridgehead atoms. The molecule has 0 heterocycles. The smallest absolute Gasteiger partial charge is 0.244 e. The minimum atomic E-state index is -4.00. The molecule has 0 aromatic heterocycles. The van der Waals surface area contributed by atoms with E-state index in [9.17, 15) is 22.4 Å². The lowest BCUT2D eigenvalue weighted by atomic mass is 10.0. The molecule has 0 saturated heterocycles. The number of nitrogens with one attached hydrogen (secondary N) is 1. The number of nitrogens with zero attached hydrogens (tertiary/aromatic N) is 2. The van der Waals surface area contributed by atoms with Crippen LogP contribution in [0, 0.1) is 5.82 Å². The molecule has 3 aromatic carbocycles. The third-order valence-electron chi connectivity index (χ3n) is 7.12. The second-order valence-electron chi connectivity index (χ2n) is 10.2. The molecule has 2 amide bonds. The summed E-state index contributed by atoms with van der Waals surface area (Å²) in [6.07, 6.45) is 4.89. The van der Waals surface area contributed by atoms with Crippen molar-refractivity contribution in [3.05, 3.63) is 99.8 Å². The Hall–Kier alpha value is -3.14. The number of anilines is 1. The lowest BCUT2D eigenvalue weighted by molar-refractivity contribution is -0.140. The van der Waals surface area contributed by atoms with Crippen LogP contribution in [0.1, 0.15) is 36.8 Å². The highest BCUT2D eigenvalue weighted by Crippen LogP contribution is 2.34. The molecule has 3 aromatic rings. The van der Waals surface area contributed by atoms with E-state index in [2.05, 4.69) is 5.32 Å². The van der Waals surface area contributed by atoms with E-state index in [0.29, 0.717) is 5.56 Å². The molecule has 7 nitrogen and oxygen atoms in total. The van der Waals surface area contributed by atoms with Crippen molar-refractivity contribution in [2.75, 3.05) is 17.1 Å². The molecule has 0 spiro atoms. The van der Waals surface area contributed by atoms with Crippen molar-refractivity contribution in [3.8, 4) is 0 Å². The van der Waals surface area contributed by atoms with Gasteiger partial charge in [-0.25, -0.2) is 12.8 Å². The summed E-state index contributed by atoms with van der Waals surface area (Å²) in [5.41, 5.74) is 1.46. The minimum absolute atomic E-state index is 0.00123. The summed E-state index contributed by atoms with van der Waals surface area (Å²) in [5.74, 6) is -1.40. The molecule has 1 saturated carbocycles. The number of amides is 2. The molecule has 1 aliphatic rings. The maximum Gasteiger partial charge on any atom is 0.244 e. The third kappa shape index (κ3) is 8.21. The van der Waals surface area contributed by atoms with E-state index in [0.717, 1.165) is 41.8 Å². The molecule has 41 heavy (non-hydrogen) atoms. The van der Waals surface area contributed by atoms with Gasteiger partial charge >= 0.3 is 0 Å². The fourth-order valence-electron chi connectivity index (χ4n) is 4.99. The Morgan fingerprint density at radius 1 is 0.951 bits per heavy atom. The van der Waals surface area contributed by atoms with Gasteiger partial charge < -0.3 is 10.2 Å². The van der Waals surface area contributed by atoms with Crippen LogP contribution in [0.5, 0.6) is 0 Å². The maximum atomic E-state index is 14.1. The van der Waals surface area contributed by atoms with Crippen molar-refractivity contribution in [3.63, 3.8) is 0 Å². The zero-order valence-electron chi connectivity index (χ0n) is 22.6. The SMILES string of the molecule is CS(=O)(=O)N(CC(=O)N(Cc1ccc(F)cc1)C(Cc1ccccc1)C(=O)NC1CCCC1)c1cccc(Cl)c1Cl. The van der Waals surface area contributed by atoms with E-state index in [1.165, 1.54) is 47.4 Å². The van der Waals surface area contributed by atoms with Crippen molar-refractivity contribution in [2.24, 2.45) is 0 Å². The van der Waals surface area contributed by atoms with Gasteiger partial charge in [-0.15, -0.1) is 0 Å². The Labute approximate surface area is 250 Å². The summed E-state index contributed by atoms with van der Waals surface area (Å²) in [5, 5.41) is 3.21. The maximum absolute atomic E-state index is 14.1. The normalized spacial score (nSPS) is 14.4. The van der Waals surface area contributed by atoms with Gasteiger partial charge in [0.25, 0.3) is 0 Å². The van der Waals surface area contributed by atoms with Crippen LogP contribution >= 0.6 is 23.2 Å². The van der Waals surface area contributed by atoms with E-state index in [4.69, 9.17) is 23.2 Å². The first-order chi connectivity index (χ1) is 19.5. The second-order valence-corrected chi connectivity index (χ2v) is 12.9. The first kappa shape index (κ1) is 30.8. The lowest BCUT2D eigenvalue weighted by Gasteiger charge is -2.34. The van der Waals surface area contributed by atoms with Crippen molar-refractivity contribution in [1.29, 1.82) is 0 Å². The van der Waals surface area contributed by atoms with Crippen molar-refractivity contribution in [2.45, 2.75) is 50.7 Å². The van der Waals surface area contributed by atoms with Crippen LogP contribution in [0.3, 0.4) is 0 Å². The third-order valence-corrected chi connectivity index (χ3v) is 9.05. The number of carbonyl (C=O) groups excluding carboxylic acids is 2. The molecule has 11 heteroatoms. The van der Waals surface area contributed by atoms with Crippen LogP contribution in [0.2, 0.25) is 10.0 Å². The zero-order chi connectivity index (χ0) is 29.6. The topological polar surface area (TPSA) is 86.8 Å². The highest BCUT2D eigenvalue weighted by Gasteiger charge is 2.34. The number of hydrogen-bond acceptors (Lipinski definition) is 4. The Morgan fingerprint density at radius 3 is 2.24 bits per heavy atom. The van der Waals surface area contributed by atoms with E-state index < -0.39 is 34.3 Å². The first-order valence-electron chi connectivity index (χ1n) is 13.3. The molecule has 1 N–H and O–H groups in total. The number of sulfonamides is 1. The van der Waals surface area contributed by atoms with Crippen LogP contribution in [-0.2, 0) is 32.6 Å². The van der Waals surface area contributed by atoms with Crippen LogP contribution in [0.4, 0.5) is 10.1 Å². The van der Waals surface area contributed by atoms with Gasteiger partial charge in [-0.2, -0.15) is 0 Å². The van der Waals surface area contributed by atoms with Crippen molar-refractivity contribution in [1.82, 2.24) is 10.2 Å². The minimum Gasteiger partial charge on any atom is -0.352 e. The number of benzene rings is 3. The summed E-state index contributed by atoms with van der Waals surface area (Å²) in [4.78, 5) is 29.3. The van der Waals surface area contributed by atoms with Gasteiger partial charge in [0.15, 0.2) is 0 Å². The molecule has 1 atom stereocenters. The largest absolute Gasteiger partial charge is 0.352 e. The highest BCUT2D eigenvalue weighted by atomic mass is 35.5. The molecule has 0 aliphatic heterocycles. The Kier molecular flexibility index (Phi) is 10.3. The second kappa shape index (κ2) is 13.7. The fraction of sp³-hybridized carbons (Fsp3) is 0.333. The standard InChI is InChI=1S/C30H32Cl2FN3O4S/c1-41(39,40)36(26-13-7-12-25(31)29(26)32)20-28(37)35(19-22-14-16-23(33)17-15-22)27(18-21-8-3-2-4-9-21)30(38)34-24-10-5-6-11-24/h2-4,7-9,12-17,24,27H,5-6,10-11,18-20H2,1H3,(H,34,38). The zero-order valence-corrected chi connectivity index (χ0v) is 24.9. The van der Waals surface area contributed by atoms with Gasteiger partial charge in [0, 0.05) is 19.0 Å². The van der Waals surface area contributed by atoms with Crippen LogP contribution in [0.15, 0.2) is 72.8 Å². The molecular weight excluding hydrogens is 588 g/mol. The van der Waals surface area contributed by atoms with Gasteiger partial charge in [-0.05, 0) is 48.2 Å². The molecule has 0 radical (unpaired) electrons.